The number of hydrogen-bond acceptors (Lipinski definition) is 5. The van der Waals surface area contributed by atoms with Crippen LogP contribution in [0.25, 0.3) is 0 Å². The zero-order valence-corrected chi connectivity index (χ0v) is 12.9. The fourth-order valence-corrected chi connectivity index (χ4v) is 3.27. The van der Waals surface area contributed by atoms with E-state index in [1.165, 1.54) is 36.9 Å². The molecule has 6 heteroatoms. The first-order chi connectivity index (χ1) is 10.2. The van der Waals surface area contributed by atoms with E-state index in [4.69, 9.17) is 4.42 Å². The van der Waals surface area contributed by atoms with E-state index in [-0.39, 0.29) is 5.91 Å². The molecule has 5 nitrogen and oxygen atoms in total. The molecule has 0 aliphatic carbocycles. The van der Waals surface area contributed by atoms with Gasteiger partial charge in [-0.1, -0.05) is 6.42 Å². The van der Waals surface area contributed by atoms with Crippen LogP contribution in [0.2, 0.25) is 0 Å². The average molecular weight is 305 g/mol. The van der Waals surface area contributed by atoms with Crippen molar-refractivity contribution in [3.63, 3.8) is 0 Å². The molecule has 1 fully saturated rings. The maximum absolute atomic E-state index is 12.1. The number of piperidine rings is 1. The van der Waals surface area contributed by atoms with Gasteiger partial charge in [-0.2, -0.15) is 0 Å². The number of aryl methyl sites for hydroxylation is 1. The first-order valence-electron chi connectivity index (χ1n) is 7.24. The summed E-state index contributed by atoms with van der Waals surface area (Å²) in [6.07, 6.45) is 5.40. The van der Waals surface area contributed by atoms with Gasteiger partial charge in [0.2, 0.25) is 0 Å². The summed E-state index contributed by atoms with van der Waals surface area (Å²) in [7, 11) is 0. The van der Waals surface area contributed by atoms with Crippen LogP contribution in [0.15, 0.2) is 22.1 Å². The number of carbonyl (C=O) groups is 1. The van der Waals surface area contributed by atoms with Crippen molar-refractivity contribution in [3.8, 4) is 0 Å². The smallest absolute Gasteiger partial charge is 0.260 e. The van der Waals surface area contributed by atoms with Crippen molar-refractivity contribution in [2.45, 2.75) is 32.7 Å². The number of amides is 1. The number of nitrogens with zero attached hydrogens (tertiary/aromatic N) is 2. The van der Waals surface area contributed by atoms with Crippen LogP contribution in [0.3, 0.4) is 0 Å². The molecule has 1 aliphatic rings. The van der Waals surface area contributed by atoms with Crippen LogP contribution in [0.5, 0.6) is 0 Å². The Labute approximate surface area is 128 Å². The molecular formula is C15H19N3O2S. The second-order valence-corrected chi connectivity index (χ2v) is 6.18. The predicted molar refractivity (Wildman–Crippen MR) is 82.6 cm³/mol. The molecule has 0 aromatic carbocycles. The van der Waals surface area contributed by atoms with Gasteiger partial charge in [-0.05, 0) is 38.9 Å². The fourth-order valence-electron chi connectivity index (χ4n) is 2.57. The van der Waals surface area contributed by atoms with Crippen LogP contribution in [-0.2, 0) is 6.54 Å². The third-order valence-corrected chi connectivity index (χ3v) is 4.52. The molecule has 0 bridgehead atoms. The molecule has 112 valence electrons. The Bertz CT molecular complexity index is 614. The number of thiazole rings is 1. The van der Waals surface area contributed by atoms with E-state index < -0.39 is 0 Å². The van der Waals surface area contributed by atoms with Crippen molar-refractivity contribution >= 4 is 22.4 Å². The highest BCUT2D eigenvalue weighted by Crippen LogP contribution is 2.20. The van der Waals surface area contributed by atoms with Gasteiger partial charge in [-0.3, -0.25) is 15.0 Å². The molecule has 0 spiro atoms. The SMILES string of the molecule is Cc1occc1C(=O)Nc1nc(CN2CCCCC2)cs1. The van der Waals surface area contributed by atoms with Gasteiger partial charge in [-0.25, -0.2) is 4.98 Å². The maximum atomic E-state index is 12.1. The molecule has 1 aliphatic heterocycles. The highest BCUT2D eigenvalue weighted by molar-refractivity contribution is 7.13. The maximum Gasteiger partial charge on any atom is 0.260 e. The number of furan rings is 1. The molecular weight excluding hydrogens is 286 g/mol. The third kappa shape index (κ3) is 3.51. The van der Waals surface area contributed by atoms with Gasteiger partial charge in [0.15, 0.2) is 5.13 Å². The summed E-state index contributed by atoms with van der Waals surface area (Å²) in [5.41, 5.74) is 1.59. The van der Waals surface area contributed by atoms with Crippen LogP contribution in [0.1, 0.15) is 41.1 Å². The van der Waals surface area contributed by atoms with E-state index in [1.54, 1.807) is 13.0 Å². The Kier molecular flexibility index (Phi) is 4.36. The first-order valence-corrected chi connectivity index (χ1v) is 8.12. The molecule has 1 amide bonds. The van der Waals surface area contributed by atoms with Gasteiger partial charge in [-0.15, -0.1) is 11.3 Å². The summed E-state index contributed by atoms with van der Waals surface area (Å²) in [6, 6.07) is 1.67. The normalized spacial score (nSPS) is 16.0. The molecule has 1 saturated heterocycles. The van der Waals surface area contributed by atoms with E-state index in [9.17, 15) is 4.79 Å². The Hall–Kier alpha value is -1.66. The van der Waals surface area contributed by atoms with Crippen molar-refractivity contribution in [3.05, 3.63) is 34.7 Å². The summed E-state index contributed by atoms with van der Waals surface area (Å²) in [6.45, 7) is 4.94. The minimum atomic E-state index is -0.167. The van der Waals surface area contributed by atoms with Gasteiger partial charge in [0.1, 0.15) is 5.76 Å². The Balaban J connectivity index is 1.60. The quantitative estimate of drug-likeness (QED) is 0.941. The number of rotatable bonds is 4. The van der Waals surface area contributed by atoms with Crippen molar-refractivity contribution in [1.29, 1.82) is 0 Å². The van der Waals surface area contributed by atoms with Gasteiger partial charge >= 0.3 is 0 Å². The van der Waals surface area contributed by atoms with Crippen LogP contribution in [0, 0.1) is 6.92 Å². The van der Waals surface area contributed by atoms with Crippen LogP contribution >= 0.6 is 11.3 Å². The summed E-state index contributed by atoms with van der Waals surface area (Å²) in [4.78, 5) is 19.0. The standard InChI is InChI=1S/C15H19N3O2S/c1-11-13(5-8-20-11)14(19)17-15-16-12(10-21-15)9-18-6-3-2-4-7-18/h5,8,10H,2-4,6-7,9H2,1H3,(H,16,17,19). The minimum Gasteiger partial charge on any atom is -0.469 e. The summed E-state index contributed by atoms with van der Waals surface area (Å²) < 4.78 is 5.14. The van der Waals surface area contributed by atoms with Gasteiger partial charge < -0.3 is 4.42 Å². The first kappa shape index (κ1) is 14.3. The largest absolute Gasteiger partial charge is 0.469 e. The molecule has 0 unspecified atom stereocenters. The van der Waals surface area contributed by atoms with Crippen molar-refractivity contribution in [2.75, 3.05) is 18.4 Å². The summed E-state index contributed by atoms with van der Waals surface area (Å²) in [5, 5.41) is 5.50. The highest BCUT2D eigenvalue weighted by Gasteiger charge is 2.15. The average Bonchev–Trinajstić information content (AvgIpc) is 3.09. The number of hydrogen-bond donors (Lipinski definition) is 1. The van der Waals surface area contributed by atoms with E-state index >= 15 is 0 Å². The monoisotopic (exact) mass is 305 g/mol. The van der Waals surface area contributed by atoms with Crippen LogP contribution < -0.4 is 5.32 Å². The molecule has 1 N–H and O–H groups in total. The lowest BCUT2D eigenvalue weighted by atomic mass is 10.1. The van der Waals surface area contributed by atoms with Gasteiger partial charge in [0, 0.05) is 11.9 Å². The Morgan fingerprint density at radius 3 is 2.95 bits per heavy atom. The second kappa shape index (κ2) is 6.41. The van der Waals surface area contributed by atoms with Crippen molar-refractivity contribution in [2.24, 2.45) is 0 Å². The van der Waals surface area contributed by atoms with E-state index in [0.29, 0.717) is 16.5 Å². The van der Waals surface area contributed by atoms with E-state index in [0.717, 1.165) is 25.3 Å². The van der Waals surface area contributed by atoms with Gasteiger partial charge in [0.05, 0.1) is 17.5 Å². The van der Waals surface area contributed by atoms with E-state index in [1.807, 2.05) is 5.38 Å². The van der Waals surface area contributed by atoms with Crippen molar-refractivity contribution < 1.29 is 9.21 Å². The zero-order chi connectivity index (χ0) is 14.7. The Morgan fingerprint density at radius 1 is 1.43 bits per heavy atom. The third-order valence-electron chi connectivity index (χ3n) is 3.71. The second-order valence-electron chi connectivity index (χ2n) is 5.33. The molecule has 2 aromatic heterocycles. The number of aromatic nitrogens is 1. The predicted octanol–water partition coefficient (Wildman–Crippen LogP) is 3.28. The summed E-state index contributed by atoms with van der Waals surface area (Å²) in [5.74, 6) is 0.456. The van der Waals surface area contributed by atoms with Crippen molar-refractivity contribution in [1.82, 2.24) is 9.88 Å². The molecule has 21 heavy (non-hydrogen) atoms. The highest BCUT2D eigenvalue weighted by atomic mass is 32.1. The molecule has 0 atom stereocenters. The van der Waals surface area contributed by atoms with Crippen LogP contribution in [-0.4, -0.2) is 28.9 Å². The molecule has 0 radical (unpaired) electrons. The lowest BCUT2D eigenvalue weighted by Crippen LogP contribution is -2.29. The number of anilines is 1. The van der Waals surface area contributed by atoms with Crippen LogP contribution in [0.4, 0.5) is 5.13 Å². The molecule has 0 saturated carbocycles. The van der Waals surface area contributed by atoms with Gasteiger partial charge in [0.25, 0.3) is 5.91 Å². The fraction of sp³-hybridized carbons (Fsp3) is 0.467. The number of nitrogens with one attached hydrogen (secondary N) is 1. The number of likely N-dealkylation sites (tertiary alicyclic amines) is 1. The minimum absolute atomic E-state index is 0.167. The Morgan fingerprint density at radius 2 is 2.24 bits per heavy atom. The van der Waals surface area contributed by atoms with E-state index in [2.05, 4.69) is 15.2 Å². The topological polar surface area (TPSA) is 58.4 Å². The summed E-state index contributed by atoms with van der Waals surface area (Å²) >= 11 is 1.47. The molecule has 3 heterocycles. The lowest BCUT2D eigenvalue weighted by molar-refractivity contribution is 0.102. The molecule has 2 aromatic rings. The number of carbonyl (C=O) groups excluding carboxylic acids is 1. The molecule has 3 rings (SSSR count). The lowest BCUT2D eigenvalue weighted by Gasteiger charge is -2.25. The zero-order valence-electron chi connectivity index (χ0n) is 12.1.